The van der Waals surface area contributed by atoms with Gasteiger partial charge in [0.1, 0.15) is 26.4 Å². The van der Waals surface area contributed by atoms with Crippen molar-refractivity contribution in [1.82, 2.24) is 0 Å². The minimum absolute atomic E-state index is 0.286. The van der Waals surface area contributed by atoms with Crippen LogP contribution in [0.15, 0.2) is 71.7 Å². The number of hydrogen-bond acceptors (Lipinski definition) is 13. The molecule has 49 heavy (non-hydrogen) atoms. The fourth-order valence-electron chi connectivity index (χ4n) is 4.69. The van der Waals surface area contributed by atoms with Gasteiger partial charge < -0.3 is 63.1 Å². The summed E-state index contributed by atoms with van der Waals surface area (Å²) in [7, 11) is 0. The second-order valence-electron chi connectivity index (χ2n) is 10.7. The van der Waals surface area contributed by atoms with Gasteiger partial charge >= 0.3 is 0 Å². The van der Waals surface area contributed by atoms with Gasteiger partial charge in [-0.05, 0) is 47.9 Å². The Morgan fingerprint density at radius 2 is 0.878 bits per heavy atom. The standard InChI is InChI=1S/C35H44N2O12/c38-34(36-28-3-5-30-32(24-28)48-21-17-44-13-9-40-7-11-42-15-19-46-30)26-1-2-27(23-26)35(39)37-29-4-6-31-33(25-29)49-22-18-45-14-10-41-8-12-43-16-20-47-31/h1-6,23-25,36,38H,7-22H2,(H,37,39)/p-1/b34-26-. The van der Waals surface area contributed by atoms with Crippen molar-refractivity contribution in [3.63, 3.8) is 0 Å². The van der Waals surface area contributed by atoms with Crippen LogP contribution in [0.4, 0.5) is 11.4 Å². The molecule has 14 nitrogen and oxygen atoms in total. The maximum atomic E-state index is 13.1. The van der Waals surface area contributed by atoms with E-state index < -0.39 is 0 Å². The summed E-state index contributed by atoms with van der Waals surface area (Å²) in [4.78, 5) is 13.1. The highest BCUT2D eigenvalue weighted by atomic mass is 16.6. The molecule has 0 saturated carbocycles. The normalized spacial score (nSPS) is 20.0. The summed E-state index contributed by atoms with van der Waals surface area (Å²) in [6.45, 7) is 6.46. The van der Waals surface area contributed by atoms with Gasteiger partial charge in [-0.1, -0.05) is 6.08 Å². The molecule has 0 aromatic heterocycles. The predicted molar refractivity (Wildman–Crippen MR) is 176 cm³/mol. The third-order valence-corrected chi connectivity index (χ3v) is 7.11. The summed E-state index contributed by atoms with van der Waals surface area (Å²) in [6.07, 6.45) is 4.70. The molecule has 2 aromatic rings. The molecule has 2 heterocycles. The molecule has 2 aromatic carbocycles. The summed E-state index contributed by atoms with van der Waals surface area (Å²) in [5.74, 6) is 1.16. The highest BCUT2D eigenvalue weighted by Gasteiger charge is 2.15. The van der Waals surface area contributed by atoms with Crippen LogP contribution in [0.25, 0.3) is 0 Å². The first-order chi connectivity index (χ1) is 24.2. The molecule has 0 fully saturated rings. The Hall–Kier alpha value is -4.31. The Morgan fingerprint density at radius 3 is 1.33 bits per heavy atom. The summed E-state index contributed by atoms with van der Waals surface area (Å²) in [5.41, 5.74) is 1.62. The van der Waals surface area contributed by atoms with Crippen molar-refractivity contribution >= 4 is 17.3 Å². The van der Waals surface area contributed by atoms with E-state index in [0.717, 1.165) is 0 Å². The number of carbonyl (C=O) groups is 1. The monoisotopic (exact) mass is 683 g/mol. The fraction of sp³-hybridized carbons (Fsp3) is 0.457. The van der Waals surface area contributed by atoms with Gasteiger partial charge in [-0.2, -0.15) is 0 Å². The Kier molecular flexibility index (Phi) is 14.9. The molecule has 5 rings (SSSR count). The molecule has 0 spiro atoms. The maximum absolute atomic E-state index is 13.1. The van der Waals surface area contributed by atoms with E-state index in [1.165, 1.54) is 6.08 Å². The Bertz CT molecular complexity index is 1440. The Labute approximate surface area is 285 Å². The lowest BCUT2D eigenvalue weighted by Crippen LogP contribution is -2.16. The van der Waals surface area contributed by atoms with Crippen LogP contribution in [0.1, 0.15) is 0 Å². The number of carbonyl (C=O) groups excluding carboxylic acids is 1. The second-order valence-corrected chi connectivity index (χ2v) is 10.7. The summed E-state index contributed by atoms with van der Waals surface area (Å²) in [5, 5.41) is 18.9. The van der Waals surface area contributed by atoms with Gasteiger partial charge in [0.05, 0.1) is 79.3 Å². The number of nitrogens with one attached hydrogen (secondary N) is 2. The third-order valence-electron chi connectivity index (χ3n) is 7.11. The van der Waals surface area contributed by atoms with Crippen molar-refractivity contribution in [3.05, 3.63) is 71.7 Å². The van der Waals surface area contributed by atoms with Crippen molar-refractivity contribution in [3.8, 4) is 23.0 Å². The number of fused-ring (bicyclic) bond motifs is 2. The molecule has 14 heteroatoms. The number of hydrogen-bond donors (Lipinski definition) is 2. The van der Waals surface area contributed by atoms with Gasteiger partial charge in [0.25, 0.3) is 5.91 Å². The van der Waals surface area contributed by atoms with Crippen molar-refractivity contribution < 1.29 is 57.3 Å². The van der Waals surface area contributed by atoms with E-state index in [0.29, 0.717) is 138 Å². The van der Waals surface area contributed by atoms with Crippen LogP contribution in [0.3, 0.4) is 0 Å². The SMILES string of the molecule is O=C(Nc1ccc2c(c1)OCCOCCOCCOCCO2)C1=C/C(=C(\[O-])Nc2ccc3c(c2)OCCOCCOCCOCCO3)C=C1. The topological polar surface area (TPSA) is 156 Å². The summed E-state index contributed by atoms with van der Waals surface area (Å²) >= 11 is 0. The number of benzene rings is 2. The van der Waals surface area contributed by atoms with Gasteiger partial charge in [-0.25, -0.2) is 0 Å². The first kappa shape index (κ1) is 36.0. The van der Waals surface area contributed by atoms with E-state index in [-0.39, 0.29) is 25.0 Å². The molecule has 0 bridgehead atoms. The zero-order valence-electron chi connectivity index (χ0n) is 27.4. The van der Waals surface area contributed by atoms with E-state index in [2.05, 4.69) is 10.6 Å². The predicted octanol–water partition coefficient (Wildman–Crippen LogP) is 2.45. The fourth-order valence-corrected chi connectivity index (χ4v) is 4.69. The molecule has 1 aliphatic carbocycles. The molecule has 3 aliphatic rings. The van der Waals surface area contributed by atoms with Gasteiger partial charge in [0.2, 0.25) is 0 Å². The molecule has 2 N–H and O–H groups in total. The number of amides is 1. The molecular formula is C35H43N2O12-. The minimum atomic E-state index is -0.390. The van der Waals surface area contributed by atoms with E-state index in [1.807, 2.05) is 0 Å². The van der Waals surface area contributed by atoms with Crippen LogP contribution in [0, 0.1) is 0 Å². The molecule has 266 valence electrons. The van der Waals surface area contributed by atoms with E-state index in [4.69, 9.17) is 47.4 Å². The van der Waals surface area contributed by atoms with Crippen molar-refractivity contribution in [1.29, 1.82) is 0 Å². The zero-order valence-corrected chi connectivity index (χ0v) is 27.4. The van der Waals surface area contributed by atoms with Crippen LogP contribution < -0.4 is 34.7 Å². The lowest BCUT2D eigenvalue weighted by atomic mass is 10.2. The molecule has 2 aliphatic heterocycles. The van der Waals surface area contributed by atoms with Gasteiger partial charge in [-0.15, -0.1) is 0 Å². The number of anilines is 2. The first-order valence-corrected chi connectivity index (χ1v) is 16.3. The average molecular weight is 684 g/mol. The smallest absolute Gasteiger partial charge is 0.255 e. The highest BCUT2D eigenvalue weighted by Crippen LogP contribution is 2.33. The van der Waals surface area contributed by atoms with E-state index in [9.17, 15) is 9.90 Å². The molecule has 0 atom stereocenters. The molecule has 0 unspecified atom stereocenters. The lowest BCUT2D eigenvalue weighted by Gasteiger charge is -2.19. The number of ether oxygens (including phenoxy) is 10. The van der Waals surface area contributed by atoms with Crippen molar-refractivity contribution in [2.45, 2.75) is 0 Å². The van der Waals surface area contributed by atoms with E-state index >= 15 is 0 Å². The maximum Gasteiger partial charge on any atom is 0.255 e. The second kappa shape index (κ2) is 20.3. The van der Waals surface area contributed by atoms with Crippen LogP contribution in [-0.4, -0.2) is 112 Å². The van der Waals surface area contributed by atoms with Gasteiger partial charge in [0, 0.05) is 29.1 Å². The first-order valence-electron chi connectivity index (χ1n) is 16.3. The van der Waals surface area contributed by atoms with Crippen molar-refractivity contribution in [2.24, 2.45) is 0 Å². The quantitative estimate of drug-likeness (QED) is 0.454. The minimum Gasteiger partial charge on any atom is -0.860 e. The Morgan fingerprint density at radius 1 is 0.490 bits per heavy atom. The van der Waals surface area contributed by atoms with Crippen LogP contribution in [0.2, 0.25) is 0 Å². The van der Waals surface area contributed by atoms with Gasteiger partial charge in [0.15, 0.2) is 23.0 Å². The highest BCUT2D eigenvalue weighted by molar-refractivity contribution is 6.07. The molecule has 0 saturated heterocycles. The summed E-state index contributed by atoms with van der Waals surface area (Å²) < 4.78 is 56.5. The molecule has 1 amide bonds. The number of allylic oxidation sites excluding steroid dienone is 3. The Balaban J connectivity index is 1.20. The lowest BCUT2D eigenvalue weighted by molar-refractivity contribution is -0.300. The molecule has 0 radical (unpaired) electrons. The molecular weight excluding hydrogens is 640 g/mol. The van der Waals surface area contributed by atoms with Crippen LogP contribution >= 0.6 is 0 Å². The van der Waals surface area contributed by atoms with E-state index in [1.54, 1.807) is 48.6 Å². The largest absolute Gasteiger partial charge is 0.860 e. The zero-order chi connectivity index (χ0) is 33.9. The van der Waals surface area contributed by atoms with Gasteiger partial charge in [-0.3, -0.25) is 4.79 Å². The van der Waals surface area contributed by atoms with Crippen molar-refractivity contribution in [2.75, 3.05) is 116 Å². The number of rotatable bonds is 4. The van der Waals surface area contributed by atoms with Crippen LogP contribution in [-0.2, 0) is 33.2 Å². The van der Waals surface area contributed by atoms with Crippen LogP contribution in [0.5, 0.6) is 23.0 Å². The third kappa shape index (κ3) is 12.3. The summed E-state index contributed by atoms with van der Waals surface area (Å²) in [6, 6.07) is 10.2. The average Bonchev–Trinajstić information content (AvgIpc) is 3.60.